The fraction of sp³-hybridized carbons (Fsp3) is 0.556. The molecule has 8 nitrogen and oxygen atoms in total. The van der Waals surface area contributed by atoms with E-state index in [-0.39, 0.29) is 28.1 Å². The summed E-state index contributed by atoms with van der Waals surface area (Å²) in [5.41, 5.74) is -0.0897. The van der Waals surface area contributed by atoms with Crippen molar-refractivity contribution in [3.05, 3.63) is 11.4 Å². The summed E-state index contributed by atoms with van der Waals surface area (Å²) in [5.74, 6) is -0.411. The average Bonchev–Trinajstić information content (AvgIpc) is 2.57. The van der Waals surface area contributed by atoms with Crippen molar-refractivity contribution in [3.63, 3.8) is 0 Å². The largest absolute Gasteiger partial charge is 0.347 e. The van der Waals surface area contributed by atoms with E-state index in [1.807, 2.05) is 0 Å². The molecule has 0 spiro atoms. The molecule has 10 heteroatoms. The van der Waals surface area contributed by atoms with E-state index in [2.05, 4.69) is 15.5 Å². The van der Waals surface area contributed by atoms with Crippen LogP contribution in [0.3, 0.4) is 0 Å². The Morgan fingerprint density at radius 2 is 2.16 bits per heavy atom. The van der Waals surface area contributed by atoms with Gasteiger partial charge in [0.25, 0.3) is 5.91 Å². The zero-order valence-electron chi connectivity index (χ0n) is 10.8. The highest BCUT2D eigenvalue weighted by Crippen LogP contribution is 2.15. The molecular formula is C9H16N4O4S2. The van der Waals surface area contributed by atoms with Crippen molar-refractivity contribution in [1.82, 2.24) is 15.5 Å². The third kappa shape index (κ3) is 4.11. The number of nitrogens with zero attached hydrogens (tertiary/aromatic N) is 1. The summed E-state index contributed by atoms with van der Waals surface area (Å²) in [7, 11) is -5.11. The second-order valence-corrected chi connectivity index (χ2v) is 7.16. The molecule has 1 aromatic rings. The van der Waals surface area contributed by atoms with E-state index >= 15 is 0 Å². The number of aromatic amines is 1. The first kappa shape index (κ1) is 15.8. The number of primary sulfonamides is 1. The molecule has 0 fully saturated rings. The lowest BCUT2D eigenvalue weighted by atomic mass is 10.3. The van der Waals surface area contributed by atoms with E-state index in [4.69, 9.17) is 5.14 Å². The lowest BCUT2D eigenvalue weighted by Crippen LogP contribution is -2.37. The van der Waals surface area contributed by atoms with Crippen LogP contribution in [0.15, 0.2) is 4.90 Å². The molecule has 1 aromatic heterocycles. The second-order valence-electron chi connectivity index (χ2n) is 4.19. The smallest absolute Gasteiger partial charge is 0.273 e. The number of aromatic nitrogens is 2. The zero-order chi connectivity index (χ0) is 14.8. The maximum absolute atomic E-state index is 11.9. The molecule has 4 N–H and O–H groups in total. The Kier molecular flexibility index (Phi) is 4.82. The molecule has 0 aliphatic heterocycles. The maximum Gasteiger partial charge on any atom is 0.273 e. The molecular weight excluding hydrogens is 292 g/mol. The average molecular weight is 308 g/mol. The van der Waals surface area contributed by atoms with E-state index in [9.17, 15) is 17.4 Å². The molecule has 19 heavy (non-hydrogen) atoms. The van der Waals surface area contributed by atoms with Crippen molar-refractivity contribution in [3.8, 4) is 0 Å². The van der Waals surface area contributed by atoms with Crippen LogP contribution in [0, 0.1) is 6.92 Å². The maximum atomic E-state index is 11.9. The molecule has 1 rings (SSSR count). The van der Waals surface area contributed by atoms with Crippen molar-refractivity contribution in [2.24, 2.45) is 5.14 Å². The number of carbonyl (C=O) groups excluding carboxylic acids is 1. The number of sulfonamides is 1. The Hall–Kier alpha value is -1.26. The lowest BCUT2D eigenvalue weighted by molar-refractivity contribution is 0.0935. The number of carbonyl (C=O) groups is 1. The molecule has 0 aromatic carbocycles. The molecule has 2 atom stereocenters. The van der Waals surface area contributed by atoms with Crippen LogP contribution in [-0.2, 0) is 20.8 Å². The van der Waals surface area contributed by atoms with Crippen LogP contribution >= 0.6 is 0 Å². The van der Waals surface area contributed by atoms with E-state index in [1.54, 1.807) is 6.92 Å². The van der Waals surface area contributed by atoms with E-state index < -0.39 is 26.7 Å². The van der Waals surface area contributed by atoms with Gasteiger partial charge in [0.15, 0.2) is 5.69 Å². The molecule has 1 heterocycles. The van der Waals surface area contributed by atoms with Crippen LogP contribution in [0.4, 0.5) is 0 Å². The standard InChI is InChI=1S/C9H16N4O4S2/c1-5(4-18(3)15)11-9(14)7-8(19(10,16)17)6(2)12-13-7/h5H,4H2,1-3H3,(H,11,14)(H,12,13)(H2,10,16,17). The number of amides is 1. The molecule has 0 bridgehead atoms. The van der Waals surface area contributed by atoms with E-state index in [0.717, 1.165) is 0 Å². The van der Waals surface area contributed by atoms with Crippen molar-refractivity contribution in [2.75, 3.05) is 12.0 Å². The summed E-state index contributed by atoms with van der Waals surface area (Å²) in [6.07, 6.45) is 1.51. The second kappa shape index (κ2) is 5.80. The van der Waals surface area contributed by atoms with Crippen LogP contribution in [0.5, 0.6) is 0 Å². The first-order valence-electron chi connectivity index (χ1n) is 5.31. The Morgan fingerprint density at radius 1 is 1.58 bits per heavy atom. The van der Waals surface area contributed by atoms with Gasteiger partial charge in [-0.1, -0.05) is 0 Å². The number of hydrogen-bond acceptors (Lipinski definition) is 5. The fourth-order valence-corrected chi connectivity index (χ4v) is 3.27. The monoisotopic (exact) mass is 308 g/mol. The van der Waals surface area contributed by atoms with Gasteiger partial charge in [-0.25, -0.2) is 13.6 Å². The molecule has 0 aliphatic rings. The van der Waals surface area contributed by atoms with Crippen molar-refractivity contribution in [1.29, 1.82) is 0 Å². The molecule has 0 saturated carbocycles. The van der Waals surface area contributed by atoms with E-state index in [1.165, 1.54) is 13.2 Å². The predicted molar refractivity (Wildman–Crippen MR) is 70.6 cm³/mol. The van der Waals surface area contributed by atoms with Crippen molar-refractivity contribution >= 4 is 26.7 Å². The number of nitrogens with two attached hydrogens (primary N) is 1. The number of nitrogens with one attached hydrogen (secondary N) is 2. The van der Waals surface area contributed by atoms with Gasteiger partial charge in [-0.15, -0.1) is 0 Å². The van der Waals surface area contributed by atoms with Crippen molar-refractivity contribution in [2.45, 2.75) is 24.8 Å². The molecule has 0 saturated heterocycles. The quantitative estimate of drug-likeness (QED) is 0.632. The fourth-order valence-electron chi connectivity index (χ4n) is 1.61. The summed E-state index contributed by atoms with van der Waals surface area (Å²) < 4.78 is 33.8. The third-order valence-corrected chi connectivity index (χ3v) is 4.29. The van der Waals surface area contributed by atoms with Gasteiger partial charge >= 0.3 is 0 Å². The SMILES string of the molecule is Cc1[nH]nc(C(=O)NC(C)CS(C)=O)c1S(N)(=O)=O. The molecule has 0 radical (unpaired) electrons. The van der Waals surface area contributed by atoms with Crippen LogP contribution in [0.25, 0.3) is 0 Å². The van der Waals surface area contributed by atoms with Gasteiger partial charge in [-0.2, -0.15) is 5.10 Å². The summed E-state index contributed by atoms with van der Waals surface area (Å²) >= 11 is 0. The Morgan fingerprint density at radius 3 is 2.63 bits per heavy atom. The summed E-state index contributed by atoms with van der Waals surface area (Å²) in [6, 6.07) is -0.372. The topological polar surface area (TPSA) is 135 Å². The first-order valence-corrected chi connectivity index (χ1v) is 8.59. The number of rotatable bonds is 5. The van der Waals surface area contributed by atoms with Gasteiger partial charge in [-0.3, -0.25) is 14.1 Å². The first-order chi connectivity index (χ1) is 8.62. The van der Waals surface area contributed by atoms with Crippen molar-refractivity contribution < 1.29 is 17.4 Å². The Bertz CT molecular complexity index is 608. The van der Waals surface area contributed by atoms with Crippen LogP contribution in [0.1, 0.15) is 23.1 Å². The predicted octanol–water partition coefficient (Wildman–Crippen LogP) is -1.14. The minimum absolute atomic E-state index is 0.194. The summed E-state index contributed by atoms with van der Waals surface area (Å²) in [5, 5.41) is 13.6. The van der Waals surface area contributed by atoms with Crippen LogP contribution < -0.4 is 10.5 Å². The molecule has 0 aliphatic carbocycles. The van der Waals surface area contributed by atoms with Gasteiger partial charge in [-0.05, 0) is 13.8 Å². The number of aryl methyl sites for hydroxylation is 1. The molecule has 2 unspecified atom stereocenters. The minimum atomic E-state index is -4.04. The van der Waals surface area contributed by atoms with Gasteiger partial charge in [0.2, 0.25) is 10.0 Å². The molecule has 1 amide bonds. The highest BCUT2D eigenvalue weighted by Gasteiger charge is 2.26. The normalized spacial score (nSPS) is 14.9. The van der Waals surface area contributed by atoms with E-state index in [0.29, 0.717) is 0 Å². The number of H-pyrrole nitrogens is 1. The minimum Gasteiger partial charge on any atom is -0.347 e. The Labute approximate surface area is 113 Å². The van der Waals surface area contributed by atoms with Crippen LogP contribution in [-0.4, -0.2) is 46.8 Å². The van der Waals surface area contributed by atoms with Gasteiger partial charge in [0.05, 0.1) is 5.69 Å². The summed E-state index contributed by atoms with van der Waals surface area (Å²) in [4.78, 5) is 11.6. The van der Waals surface area contributed by atoms with Gasteiger partial charge in [0.1, 0.15) is 4.90 Å². The zero-order valence-corrected chi connectivity index (χ0v) is 12.4. The third-order valence-electron chi connectivity index (χ3n) is 2.25. The molecule has 108 valence electrons. The lowest BCUT2D eigenvalue weighted by Gasteiger charge is -2.11. The highest BCUT2D eigenvalue weighted by atomic mass is 32.2. The van der Waals surface area contributed by atoms with Gasteiger partial charge < -0.3 is 5.32 Å². The van der Waals surface area contributed by atoms with Crippen LogP contribution in [0.2, 0.25) is 0 Å². The Balaban J connectivity index is 2.99. The number of hydrogen-bond donors (Lipinski definition) is 3. The highest BCUT2D eigenvalue weighted by molar-refractivity contribution is 7.89. The van der Waals surface area contributed by atoms with Gasteiger partial charge in [0, 0.05) is 28.9 Å². The summed E-state index contributed by atoms with van der Waals surface area (Å²) in [6.45, 7) is 3.11.